The Morgan fingerprint density at radius 3 is 3.00 bits per heavy atom. The van der Waals surface area contributed by atoms with Crippen molar-refractivity contribution < 1.29 is 4.74 Å². The van der Waals surface area contributed by atoms with E-state index in [1.807, 2.05) is 0 Å². The molecular formula is C9H12N2O. The minimum Gasteiger partial charge on any atom is -0.360 e. The predicted octanol–water partition coefficient (Wildman–Crippen LogP) is 0.373. The summed E-state index contributed by atoms with van der Waals surface area (Å²) in [4.78, 5) is 2.47. The summed E-state index contributed by atoms with van der Waals surface area (Å²) in [6.45, 7) is 2.84. The molecule has 2 bridgehead atoms. The predicted molar refractivity (Wildman–Crippen MR) is 42.4 cm³/mol. The summed E-state index contributed by atoms with van der Waals surface area (Å²) < 4.78 is 5.48. The fraction of sp³-hybridized carbons (Fsp3) is 0.889. The molecular weight excluding hydrogens is 152 g/mol. The summed E-state index contributed by atoms with van der Waals surface area (Å²) >= 11 is 0. The Labute approximate surface area is 71.9 Å². The van der Waals surface area contributed by atoms with Gasteiger partial charge in [0, 0.05) is 18.6 Å². The van der Waals surface area contributed by atoms with Gasteiger partial charge in [-0.15, -0.1) is 0 Å². The normalized spacial score (nSPS) is 50.9. The molecule has 3 nitrogen and oxygen atoms in total. The third-order valence-electron chi connectivity index (χ3n) is 3.57. The van der Waals surface area contributed by atoms with Gasteiger partial charge in [0.2, 0.25) is 0 Å². The van der Waals surface area contributed by atoms with E-state index in [9.17, 15) is 0 Å². The first kappa shape index (κ1) is 6.88. The third-order valence-corrected chi connectivity index (χ3v) is 3.57. The second-order valence-electron chi connectivity index (χ2n) is 4.33. The molecule has 4 rings (SSSR count). The van der Waals surface area contributed by atoms with E-state index < -0.39 is 0 Å². The lowest BCUT2D eigenvalue weighted by Crippen LogP contribution is -2.56. The van der Waals surface area contributed by atoms with Crippen LogP contribution < -0.4 is 0 Å². The summed E-state index contributed by atoms with van der Waals surface area (Å²) in [6, 6.07) is 2.19. The molecule has 0 N–H and O–H groups in total. The highest BCUT2D eigenvalue weighted by molar-refractivity contribution is 5.13. The highest BCUT2D eigenvalue weighted by Gasteiger charge is 2.58. The first-order chi connectivity index (χ1) is 5.82. The molecule has 1 spiro atoms. The lowest BCUT2D eigenvalue weighted by Gasteiger charge is -2.46. The Balaban J connectivity index is 1.81. The second kappa shape index (κ2) is 2.01. The average Bonchev–Trinajstić information content (AvgIpc) is 2.55. The van der Waals surface area contributed by atoms with Crippen LogP contribution in [0, 0.1) is 17.2 Å². The van der Waals surface area contributed by atoms with Crippen LogP contribution in [0.4, 0.5) is 0 Å². The Kier molecular flexibility index (Phi) is 1.15. The van der Waals surface area contributed by atoms with Crippen LogP contribution in [0.5, 0.6) is 0 Å². The SMILES string of the molecule is N#C[C@@H]1CN2CC3CC2(CO1)C3. The molecule has 12 heavy (non-hydrogen) atoms. The summed E-state index contributed by atoms with van der Waals surface area (Å²) in [5.41, 5.74) is 0.373. The van der Waals surface area contributed by atoms with Crippen molar-refractivity contribution in [3.8, 4) is 6.07 Å². The van der Waals surface area contributed by atoms with Gasteiger partial charge < -0.3 is 4.74 Å². The van der Waals surface area contributed by atoms with E-state index >= 15 is 0 Å². The van der Waals surface area contributed by atoms with Crippen molar-refractivity contribution in [1.82, 2.24) is 4.90 Å². The van der Waals surface area contributed by atoms with E-state index in [0.29, 0.717) is 5.54 Å². The lowest BCUT2D eigenvalue weighted by molar-refractivity contribution is -0.0836. The van der Waals surface area contributed by atoms with Crippen molar-refractivity contribution in [3.05, 3.63) is 0 Å². The van der Waals surface area contributed by atoms with Gasteiger partial charge in [-0.3, -0.25) is 4.90 Å². The number of nitrogens with zero attached hydrogens (tertiary/aromatic N) is 2. The highest BCUT2D eigenvalue weighted by atomic mass is 16.5. The Morgan fingerprint density at radius 2 is 2.25 bits per heavy atom. The lowest BCUT2D eigenvalue weighted by atomic mass is 9.73. The highest BCUT2D eigenvalue weighted by Crippen LogP contribution is 2.52. The van der Waals surface area contributed by atoms with Crippen LogP contribution in [-0.2, 0) is 4.74 Å². The summed E-state index contributed by atoms with van der Waals surface area (Å²) in [5, 5.41) is 8.71. The molecule has 0 amide bonds. The van der Waals surface area contributed by atoms with Crippen LogP contribution >= 0.6 is 0 Å². The van der Waals surface area contributed by atoms with Gasteiger partial charge in [-0.05, 0) is 18.8 Å². The molecule has 3 saturated heterocycles. The van der Waals surface area contributed by atoms with E-state index in [-0.39, 0.29) is 6.10 Å². The quantitative estimate of drug-likeness (QED) is 0.519. The first-order valence-corrected chi connectivity index (χ1v) is 4.59. The van der Waals surface area contributed by atoms with Gasteiger partial charge in [0.25, 0.3) is 0 Å². The van der Waals surface area contributed by atoms with Gasteiger partial charge in [0.15, 0.2) is 6.10 Å². The van der Waals surface area contributed by atoms with Gasteiger partial charge in [-0.2, -0.15) is 5.26 Å². The van der Waals surface area contributed by atoms with Gasteiger partial charge in [-0.25, -0.2) is 0 Å². The molecule has 3 heteroatoms. The summed E-state index contributed by atoms with van der Waals surface area (Å²) in [6.07, 6.45) is 2.45. The molecule has 0 radical (unpaired) electrons. The minimum atomic E-state index is -0.171. The van der Waals surface area contributed by atoms with E-state index in [0.717, 1.165) is 19.1 Å². The van der Waals surface area contributed by atoms with Crippen LogP contribution in [0.15, 0.2) is 0 Å². The molecule has 1 atom stereocenters. The zero-order valence-electron chi connectivity index (χ0n) is 6.99. The maximum atomic E-state index is 8.71. The second-order valence-corrected chi connectivity index (χ2v) is 4.33. The molecule has 0 aromatic carbocycles. The van der Waals surface area contributed by atoms with Crippen molar-refractivity contribution in [2.75, 3.05) is 19.7 Å². The number of rotatable bonds is 0. The summed E-state index contributed by atoms with van der Waals surface area (Å²) in [5.74, 6) is 0.908. The Morgan fingerprint density at radius 1 is 1.42 bits per heavy atom. The van der Waals surface area contributed by atoms with E-state index in [2.05, 4.69) is 11.0 Å². The third kappa shape index (κ3) is 0.675. The van der Waals surface area contributed by atoms with Gasteiger partial charge in [-0.1, -0.05) is 0 Å². The van der Waals surface area contributed by atoms with Crippen LogP contribution in [0.2, 0.25) is 0 Å². The fourth-order valence-corrected chi connectivity index (χ4v) is 2.97. The maximum Gasteiger partial charge on any atom is 0.156 e. The van der Waals surface area contributed by atoms with Crippen LogP contribution in [-0.4, -0.2) is 36.2 Å². The van der Waals surface area contributed by atoms with Crippen molar-refractivity contribution in [1.29, 1.82) is 5.26 Å². The maximum absolute atomic E-state index is 8.71. The molecule has 0 aromatic heterocycles. The Bertz CT molecular complexity index is 252. The molecule has 3 aliphatic heterocycles. The molecule has 3 heterocycles. The molecule has 0 unspecified atom stereocenters. The topological polar surface area (TPSA) is 36.3 Å². The zero-order chi connectivity index (χ0) is 8.18. The molecule has 0 aromatic rings. The molecule has 4 fully saturated rings. The van der Waals surface area contributed by atoms with E-state index in [1.54, 1.807) is 0 Å². The van der Waals surface area contributed by atoms with Gasteiger partial charge in [0.1, 0.15) is 0 Å². The number of hydrogen-bond acceptors (Lipinski definition) is 3. The minimum absolute atomic E-state index is 0.171. The smallest absolute Gasteiger partial charge is 0.156 e. The zero-order valence-corrected chi connectivity index (χ0v) is 6.99. The number of ether oxygens (including phenoxy) is 1. The largest absolute Gasteiger partial charge is 0.360 e. The number of hydrogen-bond donors (Lipinski definition) is 0. The van der Waals surface area contributed by atoms with Crippen LogP contribution in [0.3, 0.4) is 0 Å². The standard InChI is InChI=1S/C9H12N2O/c10-3-8-5-11-4-7-1-9(11,2-7)6-12-8/h7-8H,1-2,4-6H2/t7?,8-,9?/m1/s1. The molecule has 64 valence electrons. The molecule has 1 saturated carbocycles. The van der Waals surface area contributed by atoms with Crippen molar-refractivity contribution in [2.24, 2.45) is 5.92 Å². The Hall–Kier alpha value is -0.590. The van der Waals surface area contributed by atoms with Crippen molar-refractivity contribution >= 4 is 0 Å². The monoisotopic (exact) mass is 164 g/mol. The number of nitriles is 1. The molecule has 4 aliphatic rings. The van der Waals surface area contributed by atoms with Gasteiger partial charge in [0.05, 0.1) is 12.7 Å². The van der Waals surface area contributed by atoms with Crippen LogP contribution in [0.1, 0.15) is 12.8 Å². The fourth-order valence-electron chi connectivity index (χ4n) is 2.97. The average molecular weight is 164 g/mol. The van der Waals surface area contributed by atoms with Crippen molar-refractivity contribution in [3.63, 3.8) is 0 Å². The van der Waals surface area contributed by atoms with Crippen molar-refractivity contribution in [2.45, 2.75) is 24.5 Å². The van der Waals surface area contributed by atoms with Gasteiger partial charge >= 0.3 is 0 Å². The van der Waals surface area contributed by atoms with E-state index in [1.165, 1.54) is 19.4 Å². The van der Waals surface area contributed by atoms with Crippen LogP contribution in [0.25, 0.3) is 0 Å². The molecule has 1 aliphatic carbocycles. The van der Waals surface area contributed by atoms with E-state index in [4.69, 9.17) is 10.00 Å². The number of morpholine rings is 1. The first-order valence-electron chi connectivity index (χ1n) is 4.59. The summed E-state index contributed by atoms with van der Waals surface area (Å²) in [7, 11) is 0.